The van der Waals surface area contributed by atoms with Gasteiger partial charge in [0, 0.05) is 6.07 Å². The first kappa shape index (κ1) is 12.4. The molecule has 1 aromatic carbocycles. The summed E-state index contributed by atoms with van der Waals surface area (Å²) in [6, 6.07) is 5.40. The summed E-state index contributed by atoms with van der Waals surface area (Å²) in [5, 5.41) is 10.6. The summed E-state index contributed by atoms with van der Waals surface area (Å²) in [4.78, 5) is 0. The van der Waals surface area contributed by atoms with E-state index in [2.05, 4.69) is 15.5 Å². The summed E-state index contributed by atoms with van der Waals surface area (Å²) in [7, 11) is 0. The molecule has 0 aliphatic carbocycles. The van der Waals surface area contributed by atoms with Crippen molar-refractivity contribution in [2.45, 2.75) is 0 Å². The Bertz CT molecular complexity index is 513. The molecule has 7 heteroatoms. The summed E-state index contributed by atoms with van der Waals surface area (Å²) in [5.41, 5.74) is 0.775. The third kappa shape index (κ3) is 2.97. The molecule has 2 rings (SSSR count). The molecule has 1 aromatic heterocycles. The van der Waals surface area contributed by atoms with Crippen LogP contribution in [0.2, 0.25) is 15.3 Å². The van der Waals surface area contributed by atoms with E-state index in [9.17, 15) is 4.39 Å². The maximum absolute atomic E-state index is 13.0. The van der Waals surface area contributed by atoms with Crippen LogP contribution in [0.5, 0.6) is 0 Å². The van der Waals surface area contributed by atoms with Crippen LogP contribution in [0, 0.1) is 5.82 Å². The highest BCUT2D eigenvalue weighted by atomic mass is 35.5. The van der Waals surface area contributed by atoms with Gasteiger partial charge < -0.3 is 5.32 Å². The van der Waals surface area contributed by atoms with Crippen molar-refractivity contribution >= 4 is 46.2 Å². The predicted molar refractivity (Wildman–Crippen MR) is 66.7 cm³/mol. The minimum Gasteiger partial charge on any atom is -0.352 e. The lowest BCUT2D eigenvalue weighted by Crippen LogP contribution is -1.96. The number of nitrogens with one attached hydrogen (secondary N) is 1. The Kier molecular flexibility index (Phi) is 3.66. The summed E-state index contributed by atoms with van der Waals surface area (Å²) >= 11 is 17.4. The highest BCUT2D eigenvalue weighted by molar-refractivity contribution is 6.35. The van der Waals surface area contributed by atoms with E-state index in [1.54, 1.807) is 0 Å². The van der Waals surface area contributed by atoms with Gasteiger partial charge in [-0.3, -0.25) is 0 Å². The first-order chi connectivity index (χ1) is 8.06. The molecule has 0 unspecified atom stereocenters. The summed E-state index contributed by atoms with van der Waals surface area (Å²) < 4.78 is 13.0. The van der Waals surface area contributed by atoms with Gasteiger partial charge in [0.25, 0.3) is 0 Å². The van der Waals surface area contributed by atoms with Gasteiger partial charge in [-0.1, -0.05) is 34.8 Å². The third-order valence-electron chi connectivity index (χ3n) is 1.92. The number of halogens is 4. The molecule has 0 fully saturated rings. The minimum atomic E-state index is -0.416. The Labute approximate surface area is 112 Å². The van der Waals surface area contributed by atoms with Gasteiger partial charge >= 0.3 is 0 Å². The Balaban J connectivity index is 2.37. The molecule has 0 aliphatic heterocycles. The lowest BCUT2D eigenvalue weighted by molar-refractivity contribution is 0.628. The van der Waals surface area contributed by atoms with E-state index < -0.39 is 5.82 Å². The lowest BCUT2D eigenvalue weighted by atomic mass is 10.3. The lowest BCUT2D eigenvalue weighted by Gasteiger charge is -2.09. The van der Waals surface area contributed by atoms with Crippen LogP contribution in [0.3, 0.4) is 0 Å². The van der Waals surface area contributed by atoms with E-state index >= 15 is 0 Å². The van der Waals surface area contributed by atoms with Gasteiger partial charge in [-0.25, -0.2) is 4.39 Å². The molecule has 3 nitrogen and oxygen atoms in total. The Hall–Kier alpha value is -1.10. The average molecular weight is 293 g/mol. The van der Waals surface area contributed by atoms with Crippen LogP contribution < -0.4 is 5.32 Å². The highest BCUT2D eigenvalue weighted by Gasteiger charge is 2.07. The van der Waals surface area contributed by atoms with E-state index in [4.69, 9.17) is 34.8 Å². The molecule has 17 heavy (non-hydrogen) atoms. The van der Waals surface area contributed by atoms with Gasteiger partial charge in [0.05, 0.1) is 16.4 Å². The van der Waals surface area contributed by atoms with Gasteiger partial charge in [0.1, 0.15) is 5.82 Å². The molecule has 88 valence electrons. The molecule has 0 amide bonds. The molecule has 0 atom stereocenters. The van der Waals surface area contributed by atoms with E-state index in [0.29, 0.717) is 16.4 Å². The van der Waals surface area contributed by atoms with Crippen molar-refractivity contribution < 1.29 is 4.39 Å². The quantitative estimate of drug-likeness (QED) is 0.895. The van der Waals surface area contributed by atoms with Crippen LogP contribution in [0.4, 0.5) is 15.8 Å². The Morgan fingerprint density at radius 2 is 1.76 bits per heavy atom. The first-order valence-corrected chi connectivity index (χ1v) is 5.60. The van der Waals surface area contributed by atoms with Crippen LogP contribution in [0.25, 0.3) is 0 Å². The summed E-state index contributed by atoms with van der Waals surface area (Å²) in [6.45, 7) is 0. The van der Waals surface area contributed by atoms with Crippen LogP contribution in [-0.4, -0.2) is 10.2 Å². The van der Waals surface area contributed by atoms with Crippen molar-refractivity contribution in [3.05, 3.63) is 45.4 Å². The van der Waals surface area contributed by atoms with Crippen LogP contribution in [0.15, 0.2) is 24.3 Å². The molecule has 0 aliphatic rings. The van der Waals surface area contributed by atoms with Crippen LogP contribution >= 0.6 is 34.8 Å². The standard InChI is InChI=1S/C10H5Cl3FN3/c11-6-2-1-5(14)3-7(6)15-8-4-9(12)16-17-10(8)13/h1-4H,(H,15,16). The largest absolute Gasteiger partial charge is 0.352 e. The van der Waals surface area contributed by atoms with E-state index in [1.165, 1.54) is 24.3 Å². The molecule has 1 N–H and O–H groups in total. The molecule has 0 saturated carbocycles. The highest BCUT2D eigenvalue weighted by Crippen LogP contribution is 2.29. The first-order valence-electron chi connectivity index (χ1n) is 4.47. The molecule has 0 spiro atoms. The molecule has 0 saturated heterocycles. The molecule has 1 heterocycles. The second-order valence-corrected chi connectivity index (χ2v) is 4.27. The van der Waals surface area contributed by atoms with Crippen molar-refractivity contribution in [2.75, 3.05) is 5.32 Å². The smallest absolute Gasteiger partial charge is 0.175 e. The van der Waals surface area contributed by atoms with E-state index in [1.807, 2.05) is 0 Å². The molecule has 2 aromatic rings. The van der Waals surface area contributed by atoms with Crippen molar-refractivity contribution in [1.29, 1.82) is 0 Å². The number of nitrogens with zero attached hydrogens (tertiary/aromatic N) is 2. The summed E-state index contributed by atoms with van der Waals surface area (Å²) in [6.07, 6.45) is 0. The zero-order valence-corrected chi connectivity index (χ0v) is 10.5. The fourth-order valence-electron chi connectivity index (χ4n) is 1.18. The monoisotopic (exact) mass is 291 g/mol. The van der Waals surface area contributed by atoms with Gasteiger partial charge in [-0.05, 0) is 18.2 Å². The molecule has 0 radical (unpaired) electrons. The molecular formula is C10H5Cl3FN3. The fraction of sp³-hybridized carbons (Fsp3) is 0. The fourth-order valence-corrected chi connectivity index (χ4v) is 1.63. The van der Waals surface area contributed by atoms with Crippen LogP contribution in [-0.2, 0) is 0 Å². The summed E-state index contributed by atoms with van der Waals surface area (Å²) in [5.74, 6) is -0.416. The topological polar surface area (TPSA) is 37.8 Å². The molecule has 0 bridgehead atoms. The van der Waals surface area contributed by atoms with Crippen molar-refractivity contribution in [3.63, 3.8) is 0 Å². The van der Waals surface area contributed by atoms with Crippen molar-refractivity contribution in [1.82, 2.24) is 10.2 Å². The average Bonchev–Trinajstić information content (AvgIpc) is 2.28. The number of hydrogen-bond acceptors (Lipinski definition) is 3. The SMILES string of the molecule is Fc1ccc(Cl)c(Nc2cc(Cl)nnc2Cl)c1. The second-order valence-electron chi connectivity index (χ2n) is 3.12. The Morgan fingerprint density at radius 1 is 1.00 bits per heavy atom. The maximum Gasteiger partial charge on any atom is 0.175 e. The van der Waals surface area contributed by atoms with E-state index in [0.717, 1.165) is 0 Å². The number of anilines is 2. The number of aromatic nitrogens is 2. The van der Waals surface area contributed by atoms with Crippen molar-refractivity contribution in [3.8, 4) is 0 Å². The Morgan fingerprint density at radius 3 is 2.53 bits per heavy atom. The van der Waals surface area contributed by atoms with Gasteiger partial charge in [0.2, 0.25) is 0 Å². The zero-order valence-electron chi connectivity index (χ0n) is 8.22. The number of hydrogen-bond donors (Lipinski definition) is 1. The normalized spacial score (nSPS) is 10.4. The minimum absolute atomic E-state index is 0.120. The zero-order chi connectivity index (χ0) is 12.4. The second kappa shape index (κ2) is 5.04. The van der Waals surface area contributed by atoms with Crippen molar-refractivity contribution in [2.24, 2.45) is 0 Å². The van der Waals surface area contributed by atoms with Gasteiger partial charge in [-0.2, -0.15) is 0 Å². The number of benzene rings is 1. The van der Waals surface area contributed by atoms with Crippen LogP contribution in [0.1, 0.15) is 0 Å². The number of rotatable bonds is 2. The predicted octanol–water partition coefficient (Wildman–Crippen LogP) is 4.32. The maximum atomic E-state index is 13.0. The molecular weight excluding hydrogens is 287 g/mol. The van der Waals surface area contributed by atoms with Gasteiger partial charge in [-0.15, -0.1) is 10.2 Å². The van der Waals surface area contributed by atoms with E-state index in [-0.39, 0.29) is 10.3 Å². The van der Waals surface area contributed by atoms with Gasteiger partial charge in [0.15, 0.2) is 10.3 Å². The third-order valence-corrected chi connectivity index (χ3v) is 2.71.